The molecule has 2 saturated heterocycles. The highest BCUT2D eigenvalue weighted by Crippen LogP contribution is 2.53. The molecule has 2 aromatic rings. The minimum Gasteiger partial charge on any atom is -0.467 e. The number of methoxy groups -OCH3 is 1. The lowest BCUT2D eigenvalue weighted by molar-refractivity contribution is 0.0425. The van der Waals surface area contributed by atoms with Gasteiger partial charge in [0, 0.05) is 48.8 Å². The van der Waals surface area contributed by atoms with E-state index in [0.717, 1.165) is 12.2 Å². The number of hydrogen-bond acceptors (Lipinski definition) is 6. The molecule has 0 radical (unpaired) electrons. The fourth-order valence-electron chi connectivity index (χ4n) is 6.43. The normalized spacial score (nSPS) is 28.7. The third-order valence-corrected chi connectivity index (χ3v) is 7.88. The van der Waals surface area contributed by atoms with Crippen molar-refractivity contribution in [3.8, 4) is 17.0 Å². The van der Waals surface area contributed by atoms with Crippen molar-refractivity contribution >= 4 is 17.4 Å². The number of aromatic nitrogens is 2. The fourth-order valence-corrected chi connectivity index (χ4v) is 6.58. The molecule has 34 heavy (non-hydrogen) atoms. The minimum absolute atomic E-state index is 0.0185. The Morgan fingerprint density at radius 2 is 1.94 bits per heavy atom. The van der Waals surface area contributed by atoms with E-state index in [-0.39, 0.29) is 28.3 Å². The van der Waals surface area contributed by atoms with Gasteiger partial charge in [0.15, 0.2) is 12.6 Å². The van der Waals surface area contributed by atoms with Gasteiger partial charge < -0.3 is 19.7 Å². The average molecular weight is 491 g/mol. The number of fused-ring (bicyclic) bond motifs is 2. The van der Waals surface area contributed by atoms with Gasteiger partial charge in [-0.25, -0.2) is 4.39 Å². The summed E-state index contributed by atoms with van der Waals surface area (Å²) in [5, 5.41) is 12.9. The highest BCUT2D eigenvalue weighted by Gasteiger charge is 2.58. The van der Waals surface area contributed by atoms with Crippen molar-refractivity contribution < 1.29 is 13.9 Å². The van der Waals surface area contributed by atoms with Gasteiger partial charge >= 0.3 is 0 Å². The van der Waals surface area contributed by atoms with Crippen LogP contribution in [0.3, 0.4) is 0 Å². The van der Waals surface area contributed by atoms with Crippen molar-refractivity contribution in [3.63, 3.8) is 0 Å². The van der Waals surface area contributed by atoms with Gasteiger partial charge in [0.1, 0.15) is 11.6 Å². The van der Waals surface area contributed by atoms with E-state index in [0.29, 0.717) is 29.0 Å². The number of piperidine rings is 1. The molecular formula is C26H36ClFN4O2. The van der Waals surface area contributed by atoms with Gasteiger partial charge in [-0.2, -0.15) is 0 Å². The molecule has 4 rings (SSSR count). The van der Waals surface area contributed by atoms with E-state index in [1.807, 2.05) is 12.1 Å². The van der Waals surface area contributed by atoms with Crippen molar-refractivity contribution in [2.24, 2.45) is 11.3 Å². The summed E-state index contributed by atoms with van der Waals surface area (Å²) in [6.07, 6.45) is 3.39. The lowest BCUT2D eigenvalue weighted by Gasteiger charge is -2.55. The summed E-state index contributed by atoms with van der Waals surface area (Å²) in [5.74, 6) is 1.09. The van der Waals surface area contributed by atoms with Crippen LogP contribution in [0.4, 0.5) is 10.2 Å². The fraction of sp³-hybridized carbons (Fsp3) is 0.615. The molecule has 2 fully saturated rings. The quantitative estimate of drug-likeness (QED) is 0.525. The van der Waals surface area contributed by atoms with Crippen LogP contribution in [0.1, 0.15) is 53.9 Å². The zero-order chi connectivity index (χ0) is 24.9. The van der Waals surface area contributed by atoms with E-state index in [4.69, 9.17) is 21.1 Å². The molecule has 186 valence electrons. The molecule has 4 atom stereocenters. The second-order valence-electron chi connectivity index (χ2n) is 11.4. The maximum absolute atomic E-state index is 14.2. The van der Waals surface area contributed by atoms with Crippen LogP contribution in [0.2, 0.25) is 5.02 Å². The van der Waals surface area contributed by atoms with Crippen LogP contribution in [0, 0.1) is 17.2 Å². The number of anilines is 1. The first-order valence-electron chi connectivity index (χ1n) is 11.8. The molecule has 3 heterocycles. The van der Waals surface area contributed by atoms with Gasteiger partial charge in [0.05, 0.1) is 10.7 Å². The van der Waals surface area contributed by atoms with E-state index in [1.54, 1.807) is 0 Å². The summed E-state index contributed by atoms with van der Waals surface area (Å²) in [4.78, 5) is 2.28. The van der Waals surface area contributed by atoms with Gasteiger partial charge in [-0.1, -0.05) is 32.4 Å². The molecule has 1 unspecified atom stereocenters. The molecule has 1 aromatic heterocycles. The highest BCUT2D eigenvalue weighted by atomic mass is 35.5. The SMILES string of the molecule is COCOc1cc(Cl)c(F)cc1-c1ccc(N(C)[C@H]2C[C@]3(C)CC[C@@](C)(N3)C2C(C)(C)C)nn1. The molecule has 6 nitrogen and oxygen atoms in total. The van der Waals surface area contributed by atoms with Crippen LogP contribution >= 0.6 is 11.6 Å². The second-order valence-corrected chi connectivity index (χ2v) is 11.8. The number of halogens is 2. The molecule has 0 saturated carbocycles. The van der Waals surface area contributed by atoms with Crippen molar-refractivity contribution in [1.82, 2.24) is 15.5 Å². The number of benzene rings is 1. The van der Waals surface area contributed by atoms with Gasteiger partial charge in [0.2, 0.25) is 0 Å². The third kappa shape index (κ3) is 4.62. The van der Waals surface area contributed by atoms with Crippen molar-refractivity contribution in [1.29, 1.82) is 0 Å². The van der Waals surface area contributed by atoms with Crippen LogP contribution < -0.4 is 15.0 Å². The van der Waals surface area contributed by atoms with E-state index in [1.165, 1.54) is 32.1 Å². The number of nitrogens with zero attached hydrogens (tertiary/aromatic N) is 3. The summed E-state index contributed by atoms with van der Waals surface area (Å²) in [7, 11) is 3.63. The summed E-state index contributed by atoms with van der Waals surface area (Å²) in [6, 6.07) is 6.87. The third-order valence-electron chi connectivity index (χ3n) is 7.59. The predicted molar refractivity (Wildman–Crippen MR) is 134 cm³/mol. The first-order valence-corrected chi connectivity index (χ1v) is 12.2. The molecule has 8 heteroatoms. The molecule has 2 bridgehead atoms. The Kier molecular flexibility index (Phi) is 6.60. The lowest BCUT2D eigenvalue weighted by Crippen LogP contribution is -2.67. The highest BCUT2D eigenvalue weighted by molar-refractivity contribution is 6.31. The molecule has 1 aromatic carbocycles. The molecule has 0 amide bonds. The average Bonchev–Trinajstić information content (AvgIpc) is 3.01. The number of hydrogen-bond donors (Lipinski definition) is 1. The number of ether oxygens (including phenoxy) is 2. The van der Waals surface area contributed by atoms with Crippen molar-refractivity contribution in [3.05, 3.63) is 35.1 Å². The molecule has 0 spiro atoms. The van der Waals surface area contributed by atoms with Crippen LogP contribution in [0.15, 0.2) is 24.3 Å². The monoisotopic (exact) mass is 490 g/mol. The summed E-state index contributed by atoms with van der Waals surface area (Å²) >= 11 is 5.96. The topological polar surface area (TPSA) is 59.5 Å². The molecule has 1 N–H and O–H groups in total. The smallest absolute Gasteiger partial charge is 0.188 e. The first kappa shape index (κ1) is 25.1. The van der Waals surface area contributed by atoms with E-state index >= 15 is 0 Å². The Balaban J connectivity index is 1.65. The van der Waals surface area contributed by atoms with Crippen LogP contribution in [-0.4, -0.2) is 48.3 Å². The molecular weight excluding hydrogens is 455 g/mol. The largest absolute Gasteiger partial charge is 0.467 e. The Bertz CT molecular complexity index is 1040. The Labute approximate surface area is 207 Å². The maximum atomic E-state index is 14.2. The van der Waals surface area contributed by atoms with Gasteiger partial charge in [-0.3, -0.25) is 0 Å². The second kappa shape index (κ2) is 8.92. The van der Waals surface area contributed by atoms with Crippen LogP contribution in [-0.2, 0) is 4.74 Å². The zero-order valence-corrected chi connectivity index (χ0v) is 22.0. The first-order chi connectivity index (χ1) is 15.9. The molecule has 0 aliphatic carbocycles. The summed E-state index contributed by atoms with van der Waals surface area (Å²) < 4.78 is 24.8. The molecule has 2 aliphatic heterocycles. The summed E-state index contributed by atoms with van der Waals surface area (Å²) in [6.45, 7) is 11.7. The van der Waals surface area contributed by atoms with E-state index < -0.39 is 5.82 Å². The maximum Gasteiger partial charge on any atom is 0.188 e. The Morgan fingerprint density at radius 3 is 2.56 bits per heavy atom. The van der Waals surface area contributed by atoms with Crippen LogP contribution in [0.25, 0.3) is 11.3 Å². The molecule has 2 aliphatic rings. The Morgan fingerprint density at radius 1 is 1.21 bits per heavy atom. The van der Waals surface area contributed by atoms with Crippen molar-refractivity contribution in [2.45, 2.75) is 71.0 Å². The lowest BCUT2D eigenvalue weighted by atomic mass is 9.62. The van der Waals surface area contributed by atoms with E-state index in [2.05, 4.69) is 62.1 Å². The van der Waals surface area contributed by atoms with Gasteiger partial charge in [-0.15, -0.1) is 10.2 Å². The number of rotatable bonds is 6. The van der Waals surface area contributed by atoms with Gasteiger partial charge in [0.25, 0.3) is 0 Å². The Hall–Kier alpha value is -1.96. The van der Waals surface area contributed by atoms with Crippen LogP contribution in [0.5, 0.6) is 5.75 Å². The zero-order valence-electron chi connectivity index (χ0n) is 21.2. The van der Waals surface area contributed by atoms with E-state index in [9.17, 15) is 4.39 Å². The predicted octanol–water partition coefficient (Wildman–Crippen LogP) is 5.69. The van der Waals surface area contributed by atoms with Gasteiger partial charge in [-0.05, 0) is 56.7 Å². The van der Waals surface area contributed by atoms with Crippen molar-refractivity contribution in [2.75, 3.05) is 25.9 Å². The summed E-state index contributed by atoms with van der Waals surface area (Å²) in [5.41, 5.74) is 1.31. The minimum atomic E-state index is -0.538. The standard InChI is InChI=1S/C26H36ClFN4O2/c1-24(2,3)23-20(14-25(4)10-11-26(23,5)31-25)32(6)22-9-8-19(29-30-22)16-12-18(28)17(27)13-21(16)34-15-33-7/h8-9,12-13,20,23,31H,10-11,14-15H2,1-7H3/t20-,23?,25-,26+/m0/s1. The number of nitrogens with one attached hydrogen (secondary N) is 1.